The average Bonchev–Trinajstić information content (AvgIpc) is 2.17. The third-order valence-electron chi connectivity index (χ3n) is 2.48. The van der Waals surface area contributed by atoms with E-state index in [0.717, 1.165) is 0 Å². The van der Waals surface area contributed by atoms with Crippen LogP contribution in [-0.4, -0.2) is 18.2 Å². The fourth-order valence-corrected chi connectivity index (χ4v) is 0.975. The van der Waals surface area contributed by atoms with Crippen molar-refractivity contribution in [1.29, 1.82) is 0 Å². The van der Waals surface area contributed by atoms with Gasteiger partial charge in [0.15, 0.2) is 0 Å². The fraction of sp³-hybridized carbons (Fsp3) is 0.545. The Bertz CT molecular complexity index is 297. The van der Waals surface area contributed by atoms with Gasteiger partial charge in [0.1, 0.15) is 0 Å². The molecule has 1 aromatic rings. The van der Waals surface area contributed by atoms with E-state index in [-0.39, 0.29) is 11.5 Å². The number of pyridine rings is 1. The largest absolute Gasteiger partial charge is 0.851 e. The van der Waals surface area contributed by atoms with Gasteiger partial charge < -0.3 is 9.68 Å². The maximum absolute atomic E-state index is 11.7. The Labute approximate surface area is 91.6 Å². The van der Waals surface area contributed by atoms with E-state index in [1.165, 1.54) is 0 Å². The molecule has 0 aliphatic heterocycles. The highest BCUT2D eigenvalue weighted by atomic mass is 16.5. The molecular formula is C11H17BNO2-. The first-order valence-corrected chi connectivity index (χ1v) is 5.13. The molecule has 0 bridgehead atoms. The van der Waals surface area contributed by atoms with Crippen LogP contribution in [0.2, 0.25) is 0 Å². The molecule has 0 N–H and O–H groups in total. The Hall–Kier alpha value is -0.865. The maximum atomic E-state index is 11.7. The molecule has 0 radical (unpaired) electrons. The molecule has 0 aliphatic carbocycles. The predicted octanol–water partition coefficient (Wildman–Crippen LogP) is 0.588. The Morgan fingerprint density at radius 3 is 2.53 bits per heavy atom. The summed E-state index contributed by atoms with van der Waals surface area (Å²) in [5, 5.41) is 11.7. The SMILES string of the molecule is CC(OB([O-])c1ccccn1)C(C)(C)C. The second kappa shape index (κ2) is 4.77. The summed E-state index contributed by atoms with van der Waals surface area (Å²) in [6, 6.07) is 5.26. The molecule has 0 spiro atoms. The van der Waals surface area contributed by atoms with Crippen molar-refractivity contribution in [3.05, 3.63) is 24.4 Å². The summed E-state index contributed by atoms with van der Waals surface area (Å²) < 4.78 is 5.38. The zero-order chi connectivity index (χ0) is 11.5. The van der Waals surface area contributed by atoms with Gasteiger partial charge in [-0.05, 0) is 24.5 Å². The minimum atomic E-state index is -1.19. The fourth-order valence-electron chi connectivity index (χ4n) is 0.975. The number of nitrogens with zero attached hydrogens (tertiary/aromatic N) is 1. The highest BCUT2D eigenvalue weighted by Crippen LogP contribution is 2.21. The Kier molecular flexibility index (Phi) is 3.88. The molecule has 1 aromatic heterocycles. The summed E-state index contributed by atoms with van der Waals surface area (Å²) >= 11 is 0. The standard InChI is InChI=1S/C11H17BNO2/c1-9(11(2,3)4)15-12(14)10-7-5-6-8-13-10/h5-9H,1-4H3/q-1. The Morgan fingerprint density at radius 1 is 1.40 bits per heavy atom. The molecule has 0 aromatic carbocycles. The minimum Gasteiger partial charge on any atom is -0.851 e. The molecule has 0 saturated heterocycles. The summed E-state index contributed by atoms with van der Waals surface area (Å²) in [5.41, 5.74) is 0.408. The van der Waals surface area contributed by atoms with Crippen molar-refractivity contribution in [3.63, 3.8) is 0 Å². The molecule has 0 amide bonds. The lowest BCUT2D eigenvalue weighted by molar-refractivity contribution is -0.224. The number of aromatic nitrogens is 1. The number of hydrogen-bond acceptors (Lipinski definition) is 3. The van der Waals surface area contributed by atoms with Crippen LogP contribution in [0.25, 0.3) is 0 Å². The molecule has 15 heavy (non-hydrogen) atoms. The van der Waals surface area contributed by atoms with Crippen LogP contribution < -0.4 is 10.6 Å². The summed E-state index contributed by atoms with van der Waals surface area (Å²) in [5.74, 6) is 0. The summed E-state index contributed by atoms with van der Waals surface area (Å²) in [7, 11) is -1.19. The highest BCUT2D eigenvalue weighted by molar-refractivity contribution is 6.57. The highest BCUT2D eigenvalue weighted by Gasteiger charge is 2.22. The van der Waals surface area contributed by atoms with Gasteiger partial charge in [0, 0.05) is 17.9 Å². The van der Waals surface area contributed by atoms with E-state index in [0.29, 0.717) is 5.59 Å². The molecule has 82 valence electrons. The predicted molar refractivity (Wildman–Crippen MR) is 59.6 cm³/mol. The third-order valence-corrected chi connectivity index (χ3v) is 2.48. The van der Waals surface area contributed by atoms with E-state index in [4.69, 9.17) is 4.65 Å². The van der Waals surface area contributed by atoms with E-state index in [1.54, 1.807) is 24.4 Å². The lowest BCUT2D eigenvalue weighted by atomic mass is 9.81. The van der Waals surface area contributed by atoms with Crippen molar-refractivity contribution in [2.45, 2.75) is 33.8 Å². The number of hydrogen-bond donors (Lipinski definition) is 0. The van der Waals surface area contributed by atoms with Crippen molar-refractivity contribution < 1.29 is 9.68 Å². The van der Waals surface area contributed by atoms with Crippen LogP contribution in [0.15, 0.2) is 24.4 Å². The lowest BCUT2D eigenvalue weighted by Crippen LogP contribution is -2.51. The molecule has 0 fully saturated rings. The van der Waals surface area contributed by atoms with Gasteiger partial charge in [-0.2, -0.15) is 0 Å². The van der Waals surface area contributed by atoms with Crippen LogP contribution in [0.4, 0.5) is 0 Å². The number of rotatable bonds is 3. The van der Waals surface area contributed by atoms with Gasteiger partial charge in [-0.25, -0.2) is 0 Å². The molecule has 3 nitrogen and oxygen atoms in total. The summed E-state index contributed by atoms with van der Waals surface area (Å²) in [6.45, 7) is 8.04. The van der Waals surface area contributed by atoms with Crippen LogP contribution in [-0.2, 0) is 4.65 Å². The van der Waals surface area contributed by atoms with E-state index < -0.39 is 7.12 Å². The maximum Gasteiger partial charge on any atom is 0.241 e. The lowest BCUT2D eigenvalue weighted by Gasteiger charge is -2.33. The van der Waals surface area contributed by atoms with Gasteiger partial charge in [-0.15, -0.1) is 0 Å². The molecule has 4 heteroatoms. The van der Waals surface area contributed by atoms with Crippen LogP contribution in [0.1, 0.15) is 27.7 Å². The summed E-state index contributed by atoms with van der Waals surface area (Å²) in [4.78, 5) is 3.98. The normalized spacial score (nSPS) is 13.7. The smallest absolute Gasteiger partial charge is 0.241 e. The first-order valence-electron chi connectivity index (χ1n) is 5.13. The van der Waals surface area contributed by atoms with Gasteiger partial charge >= 0.3 is 0 Å². The zero-order valence-corrected chi connectivity index (χ0v) is 9.73. The average molecular weight is 206 g/mol. The Balaban J connectivity index is 2.61. The van der Waals surface area contributed by atoms with Gasteiger partial charge in [0.2, 0.25) is 7.12 Å². The monoisotopic (exact) mass is 206 g/mol. The second-order valence-corrected chi connectivity index (χ2v) is 4.73. The summed E-state index contributed by atoms with van der Waals surface area (Å²) in [6.07, 6.45) is 1.51. The zero-order valence-electron chi connectivity index (χ0n) is 9.73. The quantitative estimate of drug-likeness (QED) is 0.680. The molecule has 1 heterocycles. The molecule has 1 rings (SSSR count). The van der Waals surface area contributed by atoms with E-state index in [2.05, 4.69) is 4.98 Å². The van der Waals surface area contributed by atoms with Gasteiger partial charge in [0.05, 0.1) is 0 Å². The Morgan fingerprint density at radius 2 is 2.07 bits per heavy atom. The minimum absolute atomic E-state index is 0.0303. The van der Waals surface area contributed by atoms with Crippen LogP contribution >= 0.6 is 0 Å². The second-order valence-electron chi connectivity index (χ2n) is 4.73. The van der Waals surface area contributed by atoms with Crippen LogP contribution in [0, 0.1) is 5.41 Å². The van der Waals surface area contributed by atoms with Gasteiger partial charge in [-0.1, -0.05) is 26.8 Å². The van der Waals surface area contributed by atoms with Crippen molar-refractivity contribution >= 4 is 12.7 Å². The van der Waals surface area contributed by atoms with Gasteiger partial charge in [0.25, 0.3) is 0 Å². The van der Waals surface area contributed by atoms with Crippen LogP contribution in [0.3, 0.4) is 0 Å². The van der Waals surface area contributed by atoms with Crippen molar-refractivity contribution in [2.24, 2.45) is 5.41 Å². The molecule has 1 atom stereocenters. The van der Waals surface area contributed by atoms with Crippen molar-refractivity contribution in [3.8, 4) is 0 Å². The first-order chi connectivity index (χ1) is 6.91. The topological polar surface area (TPSA) is 45.2 Å². The van der Waals surface area contributed by atoms with Crippen molar-refractivity contribution in [1.82, 2.24) is 4.98 Å². The van der Waals surface area contributed by atoms with Crippen molar-refractivity contribution in [2.75, 3.05) is 0 Å². The third kappa shape index (κ3) is 3.65. The molecule has 0 saturated carbocycles. The van der Waals surface area contributed by atoms with Gasteiger partial charge in [-0.3, -0.25) is 4.98 Å². The first kappa shape index (κ1) is 12.2. The molecule has 0 aliphatic rings. The van der Waals surface area contributed by atoms with E-state index in [1.807, 2.05) is 27.7 Å². The van der Waals surface area contributed by atoms with Crippen LogP contribution in [0.5, 0.6) is 0 Å². The molecule has 1 unspecified atom stereocenters. The molecular weight excluding hydrogens is 189 g/mol. The van der Waals surface area contributed by atoms with E-state index >= 15 is 0 Å². The van der Waals surface area contributed by atoms with E-state index in [9.17, 15) is 5.02 Å².